The van der Waals surface area contributed by atoms with Gasteiger partial charge in [-0.25, -0.2) is 0 Å². The molecule has 0 rings (SSSR count). The van der Waals surface area contributed by atoms with Crippen LogP contribution in [-0.4, -0.2) is 13.4 Å². The first-order chi connectivity index (χ1) is 3.41. The minimum atomic E-state index is -0.707. The van der Waals surface area contributed by atoms with Crippen LogP contribution in [0.15, 0.2) is 0 Å². The van der Waals surface area contributed by atoms with Gasteiger partial charge in [-0.05, 0) is 11.5 Å². The molecule has 0 aromatic carbocycles. The first-order valence-corrected chi connectivity index (χ1v) is 2.80. The monoisotopic (exact) mass is 123 g/mol. The lowest BCUT2D eigenvalue weighted by atomic mass is 10.9. The summed E-state index contributed by atoms with van der Waals surface area (Å²) in [4.78, 5) is 0. The van der Waals surface area contributed by atoms with Crippen LogP contribution >= 0.6 is 8.69 Å². The molecule has 42 valence electrons. The quantitative estimate of drug-likeness (QED) is 0.317. The summed E-state index contributed by atoms with van der Waals surface area (Å²) in [6.45, 7) is 2.58. The normalized spacial score (nSPS) is 9.86. The topological polar surface area (TPSA) is 35.5 Å². The average Bonchev–Trinajstić information content (AvgIpc) is 1.69. The van der Waals surface area contributed by atoms with E-state index in [4.69, 9.17) is 0 Å². The van der Waals surface area contributed by atoms with Gasteiger partial charge in [-0.15, -0.1) is 4.52 Å². The van der Waals surface area contributed by atoms with Gasteiger partial charge in [-0.3, -0.25) is 0 Å². The lowest BCUT2D eigenvalue weighted by Crippen LogP contribution is -1.90. The summed E-state index contributed by atoms with van der Waals surface area (Å²) in [7, 11) is -0.707. The minimum absolute atomic E-state index is 0.137. The summed E-state index contributed by atoms with van der Waals surface area (Å²) >= 11 is 0. The van der Waals surface area contributed by atoms with E-state index in [9.17, 15) is 4.57 Å². The van der Waals surface area contributed by atoms with E-state index in [1.807, 2.05) is 6.92 Å². The van der Waals surface area contributed by atoms with Crippen LogP contribution in [-0.2, 0) is 13.8 Å². The predicted molar refractivity (Wildman–Crippen MR) is 26.6 cm³/mol. The average molecular weight is 123 g/mol. The molecule has 1 atom stereocenters. The van der Waals surface area contributed by atoms with E-state index >= 15 is 0 Å². The van der Waals surface area contributed by atoms with Crippen molar-refractivity contribution in [3.05, 3.63) is 0 Å². The molecule has 0 N–H and O–H groups in total. The molecule has 7 heavy (non-hydrogen) atoms. The van der Waals surface area contributed by atoms with Gasteiger partial charge in [0.05, 0.1) is 0 Å². The lowest BCUT2D eigenvalue weighted by molar-refractivity contribution is 0.0306. The van der Waals surface area contributed by atoms with Gasteiger partial charge in [0.25, 0.3) is 0 Å². The summed E-state index contributed by atoms with van der Waals surface area (Å²) in [5.41, 5.74) is 0. The van der Waals surface area contributed by atoms with Crippen molar-refractivity contribution in [2.75, 3.05) is 13.4 Å². The third-order valence-electron chi connectivity index (χ3n) is 0.405. The predicted octanol–water partition coefficient (Wildman–Crippen LogP) is 0.936. The van der Waals surface area contributed by atoms with Crippen LogP contribution in [0.25, 0.3) is 0 Å². The maximum absolute atomic E-state index is 9.53. The zero-order chi connectivity index (χ0) is 5.54. The van der Waals surface area contributed by atoms with E-state index < -0.39 is 8.69 Å². The van der Waals surface area contributed by atoms with Crippen LogP contribution in [0.2, 0.25) is 0 Å². The molecule has 0 fully saturated rings. The van der Waals surface area contributed by atoms with Crippen molar-refractivity contribution in [1.29, 1.82) is 0 Å². The fourth-order valence-corrected chi connectivity index (χ4v) is 0.281. The first kappa shape index (κ1) is 7.02. The van der Waals surface area contributed by atoms with Crippen molar-refractivity contribution in [1.82, 2.24) is 0 Å². The molecular weight excluding hydrogens is 115 g/mol. The van der Waals surface area contributed by atoms with Crippen molar-refractivity contribution in [3.63, 3.8) is 0 Å². The van der Waals surface area contributed by atoms with E-state index in [0.717, 1.165) is 0 Å². The molecular formula is C3H8O3P+. The summed E-state index contributed by atoms with van der Waals surface area (Å²) in [6.07, 6.45) is 0. The van der Waals surface area contributed by atoms with Crippen LogP contribution < -0.4 is 0 Å². The van der Waals surface area contributed by atoms with Crippen LogP contribution in [0.4, 0.5) is 0 Å². The van der Waals surface area contributed by atoms with Gasteiger partial charge >= 0.3 is 8.69 Å². The first-order valence-electron chi connectivity index (χ1n) is 1.98. The molecule has 0 saturated heterocycles. The van der Waals surface area contributed by atoms with Gasteiger partial charge in [-0.1, -0.05) is 0 Å². The highest BCUT2D eigenvalue weighted by Gasteiger charge is 1.86. The molecule has 0 aliphatic heterocycles. The highest BCUT2D eigenvalue weighted by molar-refractivity contribution is 7.17. The number of ether oxygens (including phenoxy) is 1. The van der Waals surface area contributed by atoms with Crippen molar-refractivity contribution in [2.24, 2.45) is 0 Å². The molecule has 0 aromatic rings. The molecule has 0 heterocycles. The smallest absolute Gasteiger partial charge is 0.351 e. The van der Waals surface area contributed by atoms with Crippen LogP contribution in [0.5, 0.6) is 0 Å². The van der Waals surface area contributed by atoms with Gasteiger partial charge in [0.15, 0.2) is 0 Å². The number of hydrogen-bond acceptors (Lipinski definition) is 3. The van der Waals surface area contributed by atoms with Crippen molar-refractivity contribution in [2.45, 2.75) is 6.92 Å². The molecule has 0 radical (unpaired) electrons. The molecule has 0 aromatic heterocycles. The Morgan fingerprint density at radius 1 is 1.71 bits per heavy atom. The Morgan fingerprint density at radius 2 is 2.43 bits per heavy atom. The summed E-state index contributed by atoms with van der Waals surface area (Å²) in [6, 6.07) is 0. The standard InChI is InChI=1S/C3H8O3P/c1-2-5-3-6-7-4/h7H,2-3H2,1H3/q+1. The maximum Gasteiger partial charge on any atom is 0.496 e. The van der Waals surface area contributed by atoms with E-state index in [0.29, 0.717) is 6.61 Å². The SMILES string of the molecule is CCOCO[PH+]=O. The molecule has 0 aliphatic carbocycles. The molecule has 0 spiro atoms. The van der Waals surface area contributed by atoms with Gasteiger partial charge in [0, 0.05) is 6.61 Å². The highest BCUT2D eigenvalue weighted by atomic mass is 31.1. The molecule has 0 amide bonds. The van der Waals surface area contributed by atoms with E-state index in [2.05, 4.69) is 9.26 Å². The number of rotatable bonds is 4. The summed E-state index contributed by atoms with van der Waals surface area (Å²) < 4.78 is 18.5. The van der Waals surface area contributed by atoms with E-state index in [1.54, 1.807) is 0 Å². The molecule has 1 unspecified atom stereocenters. The third-order valence-corrected chi connectivity index (χ3v) is 0.641. The van der Waals surface area contributed by atoms with Gasteiger partial charge in [0.1, 0.15) is 0 Å². The largest absolute Gasteiger partial charge is 0.496 e. The zero-order valence-electron chi connectivity index (χ0n) is 4.14. The highest BCUT2D eigenvalue weighted by Crippen LogP contribution is 1.91. The Morgan fingerprint density at radius 3 is 2.86 bits per heavy atom. The Bertz CT molecular complexity index is 47.4. The van der Waals surface area contributed by atoms with Crippen LogP contribution in [0.3, 0.4) is 0 Å². The van der Waals surface area contributed by atoms with Crippen molar-refractivity contribution >= 4 is 8.69 Å². The van der Waals surface area contributed by atoms with Crippen molar-refractivity contribution in [3.8, 4) is 0 Å². The second kappa shape index (κ2) is 6.02. The van der Waals surface area contributed by atoms with Crippen LogP contribution in [0.1, 0.15) is 6.92 Å². The fraction of sp³-hybridized carbons (Fsp3) is 1.00. The van der Waals surface area contributed by atoms with E-state index in [1.165, 1.54) is 0 Å². The Balaban J connectivity index is 2.56. The van der Waals surface area contributed by atoms with E-state index in [-0.39, 0.29) is 6.79 Å². The molecule has 4 heteroatoms. The summed E-state index contributed by atoms with van der Waals surface area (Å²) in [5.74, 6) is 0. The Hall–Kier alpha value is 0.0200. The van der Waals surface area contributed by atoms with Gasteiger partial charge in [-0.2, -0.15) is 0 Å². The number of hydrogen-bond donors (Lipinski definition) is 0. The zero-order valence-corrected chi connectivity index (χ0v) is 5.14. The molecule has 0 bridgehead atoms. The third kappa shape index (κ3) is 6.02. The lowest BCUT2D eigenvalue weighted by Gasteiger charge is -1.87. The molecule has 0 aliphatic rings. The van der Waals surface area contributed by atoms with Crippen LogP contribution in [0, 0.1) is 0 Å². The Labute approximate surface area is 43.9 Å². The fourth-order valence-electron chi connectivity index (χ4n) is 0.149. The Kier molecular flexibility index (Phi) is 6.04. The maximum atomic E-state index is 9.53. The minimum Gasteiger partial charge on any atom is -0.351 e. The van der Waals surface area contributed by atoms with Gasteiger partial charge < -0.3 is 4.74 Å². The second-order valence-electron chi connectivity index (χ2n) is 0.838. The summed E-state index contributed by atoms with van der Waals surface area (Å²) in [5, 5.41) is 0. The van der Waals surface area contributed by atoms with Gasteiger partial charge in [0.2, 0.25) is 6.79 Å². The molecule has 0 saturated carbocycles. The van der Waals surface area contributed by atoms with Crippen molar-refractivity contribution < 1.29 is 13.8 Å². The molecule has 3 nitrogen and oxygen atoms in total. The second-order valence-corrected chi connectivity index (χ2v) is 1.29.